The summed E-state index contributed by atoms with van der Waals surface area (Å²) in [5, 5.41) is 0. The van der Waals surface area contributed by atoms with Gasteiger partial charge in [0.25, 0.3) is 0 Å². The zero-order chi connectivity index (χ0) is 29.1. The Balaban J connectivity index is 1.48. The lowest BCUT2D eigenvalue weighted by Crippen LogP contribution is -2.46. The van der Waals surface area contributed by atoms with E-state index in [1.807, 2.05) is 38.1 Å². The molecule has 0 bridgehead atoms. The highest BCUT2D eigenvalue weighted by atomic mass is 16.6. The highest BCUT2D eigenvalue weighted by Gasteiger charge is 2.23. The first-order valence-electron chi connectivity index (χ1n) is 13.7. The molecule has 1 heterocycles. The molecule has 0 spiro atoms. The normalized spacial score (nSPS) is 14.6. The maximum Gasteiger partial charge on any atom is 0.347 e. The van der Waals surface area contributed by atoms with Crippen molar-refractivity contribution in [2.24, 2.45) is 0 Å². The van der Waals surface area contributed by atoms with Gasteiger partial charge in [0.15, 0.2) is 12.2 Å². The fraction of sp³-hybridized carbons (Fsp3) is 0.467. The molecule has 0 radical (unpaired) electrons. The molecule has 0 aliphatic carbocycles. The van der Waals surface area contributed by atoms with Gasteiger partial charge in [-0.2, -0.15) is 0 Å². The van der Waals surface area contributed by atoms with E-state index in [-0.39, 0.29) is 0 Å². The number of esters is 4. The van der Waals surface area contributed by atoms with Gasteiger partial charge in [0.05, 0.1) is 24.3 Å². The molecule has 0 aromatic heterocycles. The third-order valence-corrected chi connectivity index (χ3v) is 6.34. The second-order valence-electron chi connectivity index (χ2n) is 9.50. The standard InChI is InChI=1S/C30H38N2O8/c1-5-19-37-27(33)21(3)39-29(35)23-7-11-25(12-8-23)31-15-17-32(18-16-31)26-13-9-24(10-14-26)30(36)40-22(4)28(34)38-20-6-2/h7-14,21-22H,5-6,15-20H2,1-4H3/t21-,22-/m0/s1. The van der Waals surface area contributed by atoms with Crippen molar-refractivity contribution in [3.8, 4) is 0 Å². The van der Waals surface area contributed by atoms with E-state index in [2.05, 4.69) is 9.80 Å². The number of benzene rings is 2. The summed E-state index contributed by atoms with van der Waals surface area (Å²) in [6, 6.07) is 14.2. The number of anilines is 2. The summed E-state index contributed by atoms with van der Waals surface area (Å²) in [4.78, 5) is 53.0. The van der Waals surface area contributed by atoms with Crippen LogP contribution < -0.4 is 9.80 Å². The monoisotopic (exact) mass is 554 g/mol. The summed E-state index contributed by atoms with van der Waals surface area (Å²) >= 11 is 0. The number of carbonyl (C=O) groups is 4. The summed E-state index contributed by atoms with van der Waals surface area (Å²) < 4.78 is 20.5. The summed E-state index contributed by atoms with van der Waals surface area (Å²) in [6.45, 7) is 10.4. The van der Waals surface area contributed by atoms with Gasteiger partial charge in [-0.05, 0) is 75.2 Å². The van der Waals surface area contributed by atoms with E-state index in [1.54, 1.807) is 24.3 Å². The molecule has 1 aliphatic heterocycles. The van der Waals surface area contributed by atoms with E-state index in [4.69, 9.17) is 18.9 Å². The Morgan fingerprint density at radius 1 is 0.625 bits per heavy atom. The summed E-state index contributed by atoms with van der Waals surface area (Å²) in [6.07, 6.45) is -0.539. The molecule has 2 atom stereocenters. The lowest BCUT2D eigenvalue weighted by Gasteiger charge is -2.37. The Labute approximate surface area is 235 Å². The zero-order valence-electron chi connectivity index (χ0n) is 23.6. The first-order valence-corrected chi connectivity index (χ1v) is 13.7. The van der Waals surface area contributed by atoms with Gasteiger partial charge in [-0.1, -0.05) is 13.8 Å². The number of hydrogen-bond donors (Lipinski definition) is 0. The fourth-order valence-corrected chi connectivity index (χ4v) is 4.03. The smallest absolute Gasteiger partial charge is 0.347 e. The molecular formula is C30H38N2O8. The third kappa shape index (κ3) is 8.46. The minimum Gasteiger partial charge on any atom is -0.463 e. The molecule has 1 aliphatic rings. The second kappa shape index (κ2) is 14.9. The third-order valence-electron chi connectivity index (χ3n) is 6.34. The average molecular weight is 555 g/mol. The van der Waals surface area contributed by atoms with E-state index in [9.17, 15) is 19.2 Å². The van der Waals surface area contributed by atoms with Crippen molar-refractivity contribution in [2.75, 3.05) is 49.2 Å². The molecule has 0 amide bonds. The molecule has 40 heavy (non-hydrogen) atoms. The van der Waals surface area contributed by atoms with Gasteiger partial charge >= 0.3 is 23.9 Å². The van der Waals surface area contributed by atoms with E-state index in [0.717, 1.165) is 37.6 Å². The van der Waals surface area contributed by atoms with Gasteiger partial charge in [-0.15, -0.1) is 0 Å². The second-order valence-corrected chi connectivity index (χ2v) is 9.50. The molecule has 0 unspecified atom stereocenters. The van der Waals surface area contributed by atoms with Crippen LogP contribution in [0.25, 0.3) is 0 Å². The number of carbonyl (C=O) groups excluding carboxylic acids is 4. The molecule has 3 rings (SSSR count). The molecule has 1 fully saturated rings. The molecular weight excluding hydrogens is 516 g/mol. The van der Waals surface area contributed by atoms with Crippen molar-refractivity contribution >= 4 is 35.3 Å². The van der Waals surface area contributed by atoms with Crippen molar-refractivity contribution in [3.63, 3.8) is 0 Å². The van der Waals surface area contributed by atoms with Crippen molar-refractivity contribution < 1.29 is 38.1 Å². The van der Waals surface area contributed by atoms with E-state index < -0.39 is 36.1 Å². The predicted octanol–water partition coefficient (Wildman–Crippen LogP) is 4.01. The van der Waals surface area contributed by atoms with Crippen LogP contribution in [0.15, 0.2) is 48.5 Å². The Hall–Kier alpha value is -4.08. The van der Waals surface area contributed by atoms with Crippen LogP contribution in [0.4, 0.5) is 11.4 Å². The SMILES string of the molecule is CCCOC(=O)[C@H](C)OC(=O)c1ccc(N2CCN(c3ccc(C(=O)O[C@@H](C)C(=O)OCCC)cc3)CC2)cc1. The molecule has 216 valence electrons. The number of rotatable bonds is 12. The quantitative estimate of drug-likeness (QED) is 0.282. The van der Waals surface area contributed by atoms with Crippen LogP contribution in [-0.4, -0.2) is 75.5 Å². The van der Waals surface area contributed by atoms with Crippen LogP contribution in [0.5, 0.6) is 0 Å². The molecule has 10 nitrogen and oxygen atoms in total. The van der Waals surface area contributed by atoms with Crippen molar-refractivity contribution in [1.29, 1.82) is 0 Å². The minimum atomic E-state index is -0.968. The zero-order valence-corrected chi connectivity index (χ0v) is 23.6. The molecule has 2 aromatic rings. The summed E-state index contributed by atoms with van der Waals surface area (Å²) in [5.74, 6) is -2.26. The average Bonchev–Trinajstić information content (AvgIpc) is 2.98. The Bertz CT molecular complexity index is 1050. The minimum absolute atomic E-state index is 0.292. The first-order chi connectivity index (χ1) is 19.2. The topological polar surface area (TPSA) is 112 Å². The van der Waals surface area contributed by atoms with Gasteiger partial charge in [0, 0.05) is 37.6 Å². The van der Waals surface area contributed by atoms with E-state index >= 15 is 0 Å². The highest BCUT2D eigenvalue weighted by molar-refractivity contribution is 5.92. The molecule has 0 N–H and O–H groups in total. The molecule has 1 saturated heterocycles. The van der Waals surface area contributed by atoms with E-state index in [1.165, 1.54) is 13.8 Å². The van der Waals surface area contributed by atoms with Crippen LogP contribution in [0.1, 0.15) is 61.3 Å². The van der Waals surface area contributed by atoms with Crippen molar-refractivity contribution in [2.45, 2.75) is 52.7 Å². The molecule has 2 aromatic carbocycles. The first kappa shape index (κ1) is 30.5. The van der Waals surface area contributed by atoms with Gasteiger partial charge in [0.2, 0.25) is 0 Å². The van der Waals surface area contributed by atoms with Crippen LogP contribution in [-0.2, 0) is 28.5 Å². The predicted molar refractivity (Wildman–Crippen MR) is 150 cm³/mol. The molecule has 10 heteroatoms. The Morgan fingerprint density at radius 2 is 0.950 bits per heavy atom. The fourth-order valence-electron chi connectivity index (χ4n) is 4.03. The Morgan fingerprint density at radius 3 is 1.25 bits per heavy atom. The summed E-state index contributed by atoms with van der Waals surface area (Å²) in [5.41, 5.74) is 2.69. The van der Waals surface area contributed by atoms with Crippen molar-refractivity contribution in [3.05, 3.63) is 59.7 Å². The maximum atomic E-state index is 12.4. The van der Waals surface area contributed by atoms with Crippen LogP contribution in [0.2, 0.25) is 0 Å². The summed E-state index contributed by atoms with van der Waals surface area (Å²) in [7, 11) is 0. The lowest BCUT2D eigenvalue weighted by molar-refractivity contribution is -0.153. The van der Waals surface area contributed by atoms with Gasteiger partial charge < -0.3 is 28.7 Å². The van der Waals surface area contributed by atoms with Crippen LogP contribution in [0, 0.1) is 0 Å². The number of nitrogens with zero attached hydrogens (tertiary/aromatic N) is 2. The number of piperazine rings is 1. The Kier molecular flexibility index (Phi) is 11.4. The highest BCUT2D eigenvalue weighted by Crippen LogP contribution is 2.22. The maximum absolute atomic E-state index is 12.4. The lowest BCUT2D eigenvalue weighted by atomic mass is 10.1. The number of ether oxygens (including phenoxy) is 4. The van der Waals surface area contributed by atoms with Crippen molar-refractivity contribution in [1.82, 2.24) is 0 Å². The van der Waals surface area contributed by atoms with Crippen LogP contribution in [0.3, 0.4) is 0 Å². The van der Waals surface area contributed by atoms with Gasteiger partial charge in [-0.25, -0.2) is 19.2 Å². The van der Waals surface area contributed by atoms with E-state index in [0.29, 0.717) is 37.2 Å². The number of hydrogen-bond acceptors (Lipinski definition) is 10. The van der Waals surface area contributed by atoms with Gasteiger partial charge in [-0.3, -0.25) is 0 Å². The largest absolute Gasteiger partial charge is 0.463 e. The molecule has 0 saturated carbocycles. The van der Waals surface area contributed by atoms with Gasteiger partial charge in [0.1, 0.15) is 0 Å². The van der Waals surface area contributed by atoms with Crippen LogP contribution >= 0.6 is 0 Å².